The first-order valence-electron chi connectivity index (χ1n) is 7.51. The second-order valence-corrected chi connectivity index (χ2v) is 6.04. The number of halogens is 2. The van der Waals surface area contributed by atoms with E-state index >= 15 is 0 Å². The van der Waals surface area contributed by atoms with Crippen LogP contribution in [0, 0.1) is 5.92 Å². The quantitative estimate of drug-likeness (QED) is 0.882. The molecule has 0 aromatic heterocycles. The van der Waals surface area contributed by atoms with Crippen molar-refractivity contribution in [3.8, 4) is 0 Å². The van der Waals surface area contributed by atoms with Gasteiger partial charge in [-0.25, -0.2) is 0 Å². The van der Waals surface area contributed by atoms with Crippen LogP contribution in [0.25, 0.3) is 0 Å². The monoisotopic (exact) mass is 345 g/mol. The van der Waals surface area contributed by atoms with Crippen molar-refractivity contribution in [3.05, 3.63) is 34.9 Å². The van der Waals surface area contributed by atoms with Gasteiger partial charge in [0.25, 0.3) is 5.91 Å². The highest BCUT2D eigenvalue weighted by Gasteiger charge is 2.18. The van der Waals surface area contributed by atoms with Crippen LogP contribution < -0.4 is 10.6 Å². The summed E-state index contributed by atoms with van der Waals surface area (Å²) in [6.45, 7) is 4.90. The molecule has 3 rings (SSSR count). The van der Waals surface area contributed by atoms with Crippen molar-refractivity contribution in [2.75, 3.05) is 26.7 Å². The molecule has 6 heteroatoms. The van der Waals surface area contributed by atoms with Gasteiger partial charge in [0.05, 0.1) is 0 Å². The highest BCUT2D eigenvalue weighted by atomic mass is 35.5. The second-order valence-electron chi connectivity index (χ2n) is 6.04. The third-order valence-corrected chi connectivity index (χ3v) is 4.49. The molecule has 2 N–H and O–H groups in total. The van der Waals surface area contributed by atoms with E-state index in [1.807, 2.05) is 12.1 Å². The van der Waals surface area contributed by atoms with Crippen molar-refractivity contribution in [3.63, 3.8) is 0 Å². The van der Waals surface area contributed by atoms with Gasteiger partial charge in [-0.3, -0.25) is 4.79 Å². The van der Waals surface area contributed by atoms with E-state index in [1.165, 1.54) is 24.0 Å². The van der Waals surface area contributed by atoms with Crippen LogP contribution in [-0.2, 0) is 13.1 Å². The maximum absolute atomic E-state index is 12.2. The van der Waals surface area contributed by atoms with Crippen LogP contribution in [-0.4, -0.2) is 37.5 Å². The lowest BCUT2D eigenvalue weighted by molar-refractivity contribution is 0.0939. The lowest BCUT2D eigenvalue weighted by Gasteiger charge is -2.28. The molecule has 124 valence electrons. The van der Waals surface area contributed by atoms with Crippen LogP contribution in [0.4, 0.5) is 0 Å². The molecule has 2 aliphatic rings. The number of benzene rings is 1. The van der Waals surface area contributed by atoms with Crippen LogP contribution in [0.5, 0.6) is 0 Å². The molecular formula is C16H25Cl2N3O. The van der Waals surface area contributed by atoms with Crippen molar-refractivity contribution >= 4 is 30.7 Å². The minimum absolute atomic E-state index is 0. The van der Waals surface area contributed by atoms with Gasteiger partial charge in [0.15, 0.2) is 0 Å². The number of nitrogens with zero attached hydrogens (tertiary/aromatic N) is 1. The van der Waals surface area contributed by atoms with Crippen molar-refractivity contribution in [2.45, 2.75) is 25.9 Å². The maximum atomic E-state index is 12.2. The predicted octanol–water partition coefficient (Wildman–Crippen LogP) is 2.21. The molecule has 0 aliphatic carbocycles. The molecule has 1 aromatic rings. The van der Waals surface area contributed by atoms with Crippen molar-refractivity contribution in [1.82, 2.24) is 15.5 Å². The average Bonchev–Trinajstić information content (AvgIpc) is 2.93. The van der Waals surface area contributed by atoms with Crippen molar-refractivity contribution < 1.29 is 4.79 Å². The molecule has 0 spiro atoms. The first kappa shape index (κ1) is 19.2. The summed E-state index contributed by atoms with van der Waals surface area (Å²) in [6.07, 6.45) is 2.37. The lowest BCUT2D eigenvalue weighted by atomic mass is 9.97. The lowest BCUT2D eigenvalue weighted by Crippen LogP contribution is -2.36. The fourth-order valence-electron chi connectivity index (χ4n) is 3.04. The summed E-state index contributed by atoms with van der Waals surface area (Å²) in [6, 6.07) is 6.04. The molecule has 1 saturated heterocycles. The zero-order valence-electron chi connectivity index (χ0n) is 12.9. The van der Waals surface area contributed by atoms with Crippen LogP contribution in [0.15, 0.2) is 18.2 Å². The minimum atomic E-state index is 0. The van der Waals surface area contributed by atoms with Crippen molar-refractivity contribution in [1.29, 1.82) is 0 Å². The second kappa shape index (κ2) is 8.73. The standard InChI is InChI=1S/C16H23N3O.2ClH/c1-19-6-4-12(5-7-19)9-18-16(20)13-2-3-14-10-17-11-15(14)8-13;;/h2-3,8,12,17H,4-7,9-11H2,1H3,(H,18,20);2*1H. The summed E-state index contributed by atoms with van der Waals surface area (Å²) < 4.78 is 0. The first-order chi connectivity index (χ1) is 9.72. The van der Waals surface area contributed by atoms with E-state index in [0.717, 1.165) is 38.3 Å². The Hall–Kier alpha value is -0.810. The van der Waals surface area contributed by atoms with Gasteiger partial charge in [-0.1, -0.05) is 6.07 Å². The normalized spacial score (nSPS) is 18.0. The van der Waals surface area contributed by atoms with Gasteiger partial charge in [0.1, 0.15) is 0 Å². The van der Waals surface area contributed by atoms with Crippen molar-refractivity contribution in [2.24, 2.45) is 5.92 Å². The van der Waals surface area contributed by atoms with Gasteiger partial charge in [-0.2, -0.15) is 0 Å². The van der Waals surface area contributed by atoms with Crippen LogP contribution in [0.1, 0.15) is 34.3 Å². The number of nitrogens with one attached hydrogen (secondary N) is 2. The van der Waals surface area contributed by atoms with Gasteiger partial charge in [-0.15, -0.1) is 24.8 Å². The number of hydrogen-bond acceptors (Lipinski definition) is 3. The Balaban J connectivity index is 0.00000121. The Kier molecular flexibility index (Phi) is 7.63. The fourth-order valence-corrected chi connectivity index (χ4v) is 3.04. The topological polar surface area (TPSA) is 44.4 Å². The van der Waals surface area contributed by atoms with E-state index in [2.05, 4.69) is 28.6 Å². The molecule has 2 aliphatic heterocycles. The summed E-state index contributed by atoms with van der Waals surface area (Å²) in [4.78, 5) is 14.6. The van der Waals surface area contributed by atoms with Crippen LogP contribution >= 0.6 is 24.8 Å². The largest absolute Gasteiger partial charge is 0.352 e. The molecule has 0 atom stereocenters. The minimum Gasteiger partial charge on any atom is -0.352 e. The summed E-state index contributed by atoms with van der Waals surface area (Å²) in [5.41, 5.74) is 3.37. The Bertz CT molecular complexity index is 502. The summed E-state index contributed by atoms with van der Waals surface area (Å²) in [7, 11) is 2.16. The molecule has 4 nitrogen and oxygen atoms in total. The number of hydrogen-bond donors (Lipinski definition) is 2. The molecule has 0 unspecified atom stereocenters. The van der Waals surface area contributed by atoms with E-state index < -0.39 is 0 Å². The fraction of sp³-hybridized carbons (Fsp3) is 0.562. The van der Waals surface area contributed by atoms with Gasteiger partial charge in [0.2, 0.25) is 0 Å². The third-order valence-electron chi connectivity index (χ3n) is 4.49. The maximum Gasteiger partial charge on any atom is 0.251 e. The van der Waals surface area contributed by atoms with E-state index in [-0.39, 0.29) is 30.7 Å². The summed E-state index contributed by atoms with van der Waals surface area (Å²) in [5.74, 6) is 0.699. The molecule has 22 heavy (non-hydrogen) atoms. The average molecular weight is 346 g/mol. The molecule has 1 amide bonds. The Morgan fingerprint density at radius 3 is 2.64 bits per heavy atom. The molecule has 2 heterocycles. The first-order valence-corrected chi connectivity index (χ1v) is 7.51. The van der Waals surface area contributed by atoms with E-state index in [9.17, 15) is 4.79 Å². The van der Waals surface area contributed by atoms with E-state index in [1.54, 1.807) is 0 Å². The molecule has 0 bridgehead atoms. The molecule has 1 fully saturated rings. The predicted molar refractivity (Wildman–Crippen MR) is 94.0 cm³/mol. The molecule has 0 radical (unpaired) electrons. The van der Waals surface area contributed by atoms with Gasteiger partial charge >= 0.3 is 0 Å². The Labute approximate surface area is 144 Å². The Morgan fingerprint density at radius 1 is 1.23 bits per heavy atom. The zero-order chi connectivity index (χ0) is 13.9. The number of piperidine rings is 1. The highest BCUT2D eigenvalue weighted by Crippen LogP contribution is 2.18. The molecular weight excluding hydrogens is 321 g/mol. The number of amides is 1. The van der Waals surface area contributed by atoms with Gasteiger partial charge in [-0.05, 0) is 62.2 Å². The zero-order valence-corrected chi connectivity index (χ0v) is 14.6. The smallest absolute Gasteiger partial charge is 0.251 e. The number of carbonyl (C=O) groups is 1. The van der Waals surface area contributed by atoms with E-state index in [0.29, 0.717) is 5.92 Å². The van der Waals surface area contributed by atoms with Crippen LogP contribution in [0.2, 0.25) is 0 Å². The number of carbonyl (C=O) groups excluding carboxylic acids is 1. The summed E-state index contributed by atoms with van der Waals surface area (Å²) in [5, 5.41) is 6.40. The van der Waals surface area contributed by atoms with Gasteiger partial charge in [0, 0.05) is 25.2 Å². The Morgan fingerprint density at radius 2 is 1.91 bits per heavy atom. The van der Waals surface area contributed by atoms with Gasteiger partial charge < -0.3 is 15.5 Å². The number of likely N-dealkylation sites (tertiary alicyclic amines) is 1. The molecule has 1 aromatic carbocycles. The molecule has 0 saturated carbocycles. The van der Waals surface area contributed by atoms with E-state index in [4.69, 9.17) is 0 Å². The highest BCUT2D eigenvalue weighted by molar-refractivity contribution is 5.94. The number of fused-ring (bicyclic) bond motifs is 1. The SMILES string of the molecule is CN1CCC(CNC(=O)c2ccc3c(c2)CNC3)CC1.Cl.Cl. The third kappa shape index (κ3) is 4.59. The summed E-state index contributed by atoms with van der Waals surface area (Å²) >= 11 is 0. The number of rotatable bonds is 3. The van der Waals surface area contributed by atoms with Crippen LogP contribution in [0.3, 0.4) is 0 Å².